The number of ketones is 2. The molecule has 1 heterocycles. The van der Waals surface area contributed by atoms with Gasteiger partial charge in [0.25, 0.3) is 5.56 Å². The van der Waals surface area contributed by atoms with Crippen LogP contribution in [0.4, 0.5) is 0 Å². The third-order valence-corrected chi connectivity index (χ3v) is 7.06. The SMILES string of the molecule is COn1c2c(c3cc(C)cc([SiH3])c3c1=O)=C([SiH3])C(=O)C(=O)C=2[SiH3]. The summed E-state index contributed by atoms with van der Waals surface area (Å²) in [5.74, 6) is -0.911. The van der Waals surface area contributed by atoms with Crippen LogP contribution in [0.1, 0.15) is 5.56 Å². The summed E-state index contributed by atoms with van der Waals surface area (Å²) in [6.07, 6.45) is 0. The molecule has 1 aromatic heterocycles. The molecule has 8 heteroatoms. The fraction of sp³-hybridized carbons (Fsp3) is 0.133. The van der Waals surface area contributed by atoms with E-state index in [2.05, 4.69) is 0 Å². The highest BCUT2D eigenvalue weighted by molar-refractivity contribution is 6.82. The molecule has 0 aliphatic heterocycles. The topological polar surface area (TPSA) is 65.4 Å². The van der Waals surface area contributed by atoms with Gasteiger partial charge in [-0.25, -0.2) is 0 Å². The summed E-state index contributed by atoms with van der Waals surface area (Å²) < 4.78 is 1.19. The minimum absolute atomic E-state index is 0.254. The molecular formula is C15H17NO4Si3. The van der Waals surface area contributed by atoms with Gasteiger partial charge in [0.15, 0.2) is 0 Å². The fourth-order valence-corrected chi connectivity index (χ4v) is 5.69. The molecule has 5 nitrogen and oxygen atoms in total. The first-order valence-corrected chi connectivity index (χ1v) is 10.3. The van der Waals surface area contributed by atoms with E-state index in [4.69, 9.17) is 4.84 Å². The maximum absolute atomic E-state index is 12.9. The summed E-state index contributed by atoms with van der Waals surface area (Å²) in [4.78, 5) is 42.7. The lowest BCUT2D eigenvalue weighted by Gasteiger charge is -2.17. The Hall–Kier alpha value is -2.04. The lowest BCUT2D eigenvalue weighted by molar-refractivity contribution is -0.129. The number of nitrogens with zero attached hydrogens (tertiary/aromatic N) is 1. The number of fused-ring (bicyclic) bond motifs is 3. The van der Waals surface area contributed by atoms with Crippen molar-refractivity contribution in [2.75, 3.05) is 7.11 Å². The molecule has 0 spiro atoms. The quantitative estimate of drug-likeness (QED) is 0.376. The van der Waals surface area contributed by atoms with Crippen molar-refractivity contribution < 1.29 is 14.4 Å². The maximum Gasteiger partial charge on any atom is 0.291 e. The molecule has 1 aromatic carbocycles. The van der Waals surface area contributed by atoms with Gasteiger partial charge in [-0.3, -0.25) is 14.4 Å². The van der Waals surface area contributed by atoms with E-state index >= 15 is 0 Å². The average molecular weight is 360 g/mol. The highest BCUT2D eigenvalue weighted by Gasteiger charge is 2.27. The molecule has 3 rings (SSSR count). The first-order chi connectivity index (χ1) is 10.8. The summed E-state index contributed by atoms with van der Waals surface area (Å²) >= 11 is 0. The fourth-order valence-electron chi connectivity index (χ4n) is 3.34. The van der Waals surface area contributed by atoms with Gasteiger partial charge in [-0.05, 0) is 17.5 Å². The van der Waals surface area contributed by atoms with Gasteiger partial charge in [0.1, 0.15) is 7.11 Å². The van der Waals surface area contributed by atoms with Gasteiger partial charge < -0.3 is 4.84 Å². The molecule has 1 aliphatic carbocycles. The van der Waals surface area contributed by atoms with Crippen LogP contribution >= 0.6 is 0 Å². The molecule has 1 aliphatic rings. The average Bonchev–Trinajstić information content (AvgIpc) is 2.49. The number of carbonyl (C=O) groups excluding carboxylic acids is 2. The van der Waals surface area contributed by atoms with Gasteiger partial charge in [-0.15, -0.1) is 4.73 Å². The Balaban J connectivity index is 2.87. The molecule has 0 radical (unpaired) electrons. The summed E-state index contributed by atoms with van der Waals surface area (Å²) in [6.45, 7) is 1.98. The van der Waals surface area contributed by atoms with E-state index in [-0.39, 0.29) is 5.56 Å². The predicted molar refractivity (Wildman–Crippen MR) is 101 cm³/mol. The highest BCUT2D eigenvalue weighted by Crippen LogP contribution is 2.09. The molecule has 0 amide bonds. The van der Waals surface area contributed by atoms with Gasteiger partial charge in [-0.2, -0.15) is 0 Å². The standard InChI is InChI=1S/C15H17NO4Si3/c1-5-3-6-8(7(21)4-5)15(19)16(20-2)10-9(6)13(22)11(17)12(18)14(10)23/h3-4H,1-2,21-23H3. The predicted octanol–water partition coefficient (Wildman–Crippen LogP) is -5.54. The third-order valence-electron chi connectivity index (χ3n) is 4.39. The first-order valence-electron chi connectivity index (χ1n) is 7.31. The smallest absolute Gasteiger partial charge is 0.291 e. The lowest BCUT2D eigenvalue weighted by Crippen LogP contribution is -2.53. The van der Waals surface area contributed by atoms with Crippen LogP contribution in [-0.2, 0) is 9.59 Å². The van der Waals surface area contributed by atoms with Crippen LogP contribution in [0.5, 0.6) is 0 Å². The normalized spacial score (nSPS) is 14.9. The first kappa shape index (κ1) is 15.8. The molecule has 118 valence electrons. The third kappa shape index (κ3) is 2.06. The van der Waals surface area contributed by atoms with Crippen LogP contribution in [-0.4, -0.2) is 54.1 Å². The molecule has 23 heavy (non-hydrogen) atoms. The van der Waals surface area contributed by atoms with Gasteiger partial charge in [-0.1, -0.05) is 22.9 Å². The number of carbonyl (C=O) groups is 2. The van der Waals surface area contributed by atoms with E-state index in [0.717, 1.165) is 21.4 Å². The minimum atomic E-state index is -0.488. The number of rotatable bonds is 1. The van der Waals surface area contributed by atoms with Crippen molar-refractivity contribution >= 4 is 68.6 Å². The molecule has 0 unspecified atom stereocenters. The van der Waals surface area contributed by atoms with E-state index in [1.54, 1.807) is 0 Å². The summed E-state index contributed by atoms with van der Waals surface area (Å²) in [6, 6.07) is 3.93. The molecule has 0 fully saturated rings. The maximum atomic E-state index is 12.9. The van der Waals surface area contributed by atoms with Gasteiger partial charge in [0, 0.05) is 46.5 Å². The second-order valence-electron chi connectivity index (χ2n) is 5.92. The monoisotopic (exact) mass is 359 g/mol. The Kier molecular flexibility index (Phi) is 3.62. The molecular weight excluding hydrogens is 342 g/mol. The summed E-state index contributed by atoms with van der Waals surface area (Å²) in [7, 11) is 2.95. The molecule has 0 N–H and O–H groups in total. The van der Waals surface area contributed by atoms with Gasteiger partial charge >= 0.3 is 0 Å². The highest BCUT2D eigenvalue weighted by atomic mass is 28.2. The van der Waals surface area contributed by atoms with Crippen molar-refractivity contribution in [3.8, 4) is 0 Å². The molecule has 0 saturated carbocycles. The molecule has 0 bridgehead atoms. The second kappa shape index (κ2) is 5.25. The van der Waals surface area contributed by atoms with Crippen molar-refractivity contribution in [2.45, 2.75) is 6.92 Å². The van der Waals surface area contributed by atoms with E-state index in [9.17, 15) is 14.4 Å². The van der Waals surface area contributed by atoms with E-state index in [0.29, 0.717) is 51.9 Å². The van der Waals surface area contributed by atoms with Gasteiger partial charge in [0.2, 0.25) is 11.6 Å². The number of hydrogen-bond donors (Lipinski definition) is 0. The zero-order valence-corrected chi connectivity index (χ0v) is 19.7. The van der Waals surface area contributed by atoms with Crippen molar-refractivity contribution in [1.82, 2.24) is 4.73 Å². The number of benzene rings is 1. The van der Waals surface area contributed by atoms with Crippen LogP contribution in [0, 0.1) is 6.92 Å². The van der Waals surface area contributed by atoms with E-state index in [1.165, 1.54) is 11.8 Å². The summed E-state index contributed by atoms with van der Waals surface area (Å²) in [5, 5.41) is 4.50. The number of hydrogen-bond acceptors (Lipinski definition) is 4. The van der Waals surface area contributed by atoms with Crippen LogP contribution in [0.25, 0.3) is 21.2 Å². The Bertz CT molecular complexity index is 1100. The Morgan fingerprint density at radius 1 is 1.00 bits per heavy atom. The Labute approximate surface area is 140 Å². The summed E-state index contributed by atoms with van der Waals surface area (Å²) in [5.41, 5.74) is 0.796. The second-order valence-corrected chi connectivity index (χ2v) is 9.00. The molecule has 0 saturated heterocycles. The number of aryl methyl sites for hydroxylation is 1. The molecule has 2 aromatic rings. The van der Waals surface area contributed by atoms with E-state index < -0.39 is 11.6 Å². The lowest BCUT2D eigenvalue weighted by atomic mass is 10.0. The van der Waals surface area contributed by atoms with Crippen LogP contribution in [0.15, 0.2) is 16.9 Å². The Morgan fingerprint density at radius 3 is 2.22 bits per heavy atom. The van der Waals surface area contributed by atoms with Crippen LogP contribution in [0.2, 0.25) is 0 Å². The number of Topliss-reactive ketones (excluding diaryl/α,β-unsaturated/α-hetero) is 2. The number of pyridine rings is 1. The van der Waals surface area contributed by atoms with Crippen molar-refractivity contribution in [3.63, 3.8) is 0 Å². The number of aromatic nitrogens is 1. The molecule has 0 atom stereocenters. The zero-order valence-electron chi connectivity index (χ0n) is 13.7. The van der Waals surface area contributed by atoms with Gasteiger partial charge in [0.05, 0.1) is 5.35 Å². The largest absolute Gasteiger partial charge is 0.413 e. The minimum Gasteiger partial charge on any atom is -0.413 e. The van der Waals surface area contributed by atoms with E-state index in [1.807, 2.05) is 19.1 Å². The van der Waals surface area contributed by atoms with Crippen molar-refractivity contribution in [1.29, 1.82) is 0 Å². The van der Waals surface area contributed by atoms with Crippen LogP contribution in [0.3, 0.4) is 0 Å². The Morgan fingerprint density at radius 2 is 1.61 bits per heavy atom. The zero-order chi connectivity index (χ0) is 17.0. The van der Waals surface area contributed by atoms with Crippen molar-refractivity contribution in [3.05, 3.63) is 38.6 Å². The van der Waals surface area contributed by atoms with Crippen LogP contribution < -0.4 is 26.2 Å². The van der Waals surface area contributed by atoms with Crippen molar-refractivity contribution in [2.24, 2.45) is 0 Å².